The van der Waals surface area contributed by atoms with Gasteiger partial charge in [-0.25, -0.2) is 0 Å². The predicted octanol–water partition coefficient (Wildman–Crippen LogP) is 0.471. The molecule has 0 saturated carbocycles. The number of hydrogen-bond acceptors (Lipinski definition) is 3. The second-order valence-corrected chi connectivity index (χ2v) is 3.97. The fourth-order valence-corrected chi connectivity index (χ4v) is 1.98. The molecular weight excluding hydrogens is 206 g/mol. The first-order valence-corrected chi connectivity index (χ1v) is 5.22. The van der Waals surface area contributed by atoms with Crippen molar-refractivity contribution in [2.45, 2.75) is 12.5 Å². The smallest absolute Gasteiger partial charge is 0.328 e. The summed E-state index contributed by atoms with van der Waals surface area (Å²) in [6, 6.07) is 8.61. The number of carboxylic acid groups (broad SMARTS) is 1. The van der Waals surface area contributed by atoms with Crippen LogP contribution in [-0.2, 0) is 16.0 Å². The Hall–Kier alpha value is -1.68. The van der Waals surface area contributed by atoms with E-state index in [0.29, 0.717) is 13.0 Å². The van der Waals surface area contributed by atoms with Gasteiger partial charge in [0.2, 0.25) is 0 Å². The Morgan fingerprint density at radius 2 is 2.06 bits per heavy atom. The Bertz CT molecular complexity index is 402. The van der Waals surface area contributed by atoms with Crippen LogP contribution in [0, 0.1) is 5.92 Å². The molecule has 1 aromatic rings. The van der Waals surface area contributed by atoms with Crippen LogP contribution >= 0.6 is 0 Å². The molecular formula is C12H13NO3. The fraction of sp³-hybridized carbons (Fsp3) is 0.333. The minimum absolute atomic E-state index is 0.212. The first-order valence-electron chi connectivity index (χ1n) is 5.22. The second-order valence-electron chi connectivity index (χ2n) is 3.97. The van der Waals surface area contributed by atoms with Gasteiger partial charge < -0.3 is 5.11 Å². The Kier molecular flexibility index (Phi) is 3.01. The maximum Gasteiger partial charge on any atom is 0.328 e. The summed E-state index contributed by atoms with van der Waals surface area (Å²) in [4.78, 5) is 22.4. The van der Waals surface area contributed by atoms with E-state index in [-0.39, 0.29) is 11.7 Å². The van der Waals surface area contributed by atoms with Crippen molar-refractivity contribution in [1.29, 1.82) is 0 Å². The molecule has 1 fully saturated rings. The zero-order valence-corrected chi connectivity index (χ0v) is 8.72. The predicted molar refractivity (Wildman–Crippen MR) is 58.1 cm³/mol. The summed E-state index contributed by atoms with van der Waals surface area (Å²) < 4.78 is 0. The summed E-state index contributed by atoms with van der Waals surface area (Å²) in [5, 5.41) is 11.5. The third-order valence-corrected chi connectivity index (χ3v) is 2.83. The second kappa shape index (κ2) is 4.45. The van der Waals surface area contributed by atoms with Gasteiger partial charge in [-0.05, 0) is 12.0 Å². The molecule has 0 spiro atoms. The van der Waals surface area contributed by atoms with E-state index < -0.39 is 12.0 Å². The van der Waals surface area contributed by atoms with Crippen LogP contribution in [0.15, 0.2) is 30.3 Å². The molecule has 4 heteroatoms. The Balaban J connectivity index is 2.03. The van der Waals surface area contributed by atoms with E-state index in [1.165, 1.54) is 0 Å². The van der Waals surface area contributed by atoms with Gasteiger partial charge in [-0.15, -0.1) is 0 Å². The number of rotatable bonds is 3. The van der Waals surface area contributed by atoms with Crippen LogP contribution in [0.1, 0.15) is 5.56 Å². The number of Topliss-reactive ketones (excluding diaryl/α,β-unsaturated/α-hetero) is 1. The molecule has 0 radical (unpaired) electrons. The molecule has 0 bridgehead atoms. The molecule has 1 saturated heterocycles. The molecule has 2 atom stereocenters. The van der Waals surface area contributed by atoms with Gasteiger partial charge in [-0.3, -0.25) is 14.9 Å². The Labute approximate surface area is 93.3 Å². The summed E-state index contributed by atoms with van der Waals surface area (Å²) in [6.07, 6.45) is 0.608. The summed E-state index contributed by atoms with van der Waals surface area (Å²) >= 11 is 0. The van der Waals surface area contributed by atoms with Crippen LogP contribution in [0.4, 0.5) is 0 Å². The topological polar surface area (TPSA) is 66.4 Å². The lowest BCUT2D eigenvalue weighted by Crippen LogP contribution is -2.36. The van der Waals surface area contributed by atoms with Crippen LogP contribution in [0.25, 0.3) is 0 Å². The quantitative estimate of drug-likeness (QED) is 0.725. The van der Waals surface area contributed by atoms with E-state index in [1.54, 1.807) is 0 Å². The van der Waals surface area contributed by atoms with Crippen molar-refractivity contribution in [3.8, 4) is 0 Å². The van der Waals surface area contributed by atoms with E-state index in [4.69, 9.17) is 5.11 Å². The number of benzene rings is 1. The molecule has 2 rings (SSSR count). The zero-order chi connectivity index (χ0) is 11.5. The van der Waals surface area contributed by atoms with Crippen molar-refractivity contribution in [3.05, 3.63) is 35.9 Å². The third kappa shape index (κ3) is 2.12. The first-order chi connectivity index (χ1) is 7.68. The van der Waals surface area contributed by atoms with Gasteiger partial charge in [0.05, 0.1) is 0 Å². The maximum atomic E-state index is 11.7. The lowest BCUT2D eigenvalue weighted by atomic mass is 9.95. The number of aliphatic carboxylic acids is 1. The van der Waals surface area contributed by atoms with Crippen LogP contribution in [0.2, 0.25) is 0 Å². The molecule has 0 aliphatic carbocycles. The standard InChI is InChI=1S/C12H13NO3/c14-11-9(7-13-10(11)12(15)16)6-8-4-2-1-3-5-8/h1-5,9-10,13H,6-7H2,(H,15,16)/t9-,10?/m1/s1. The third-order valence-electron chi connectivity index (χ3n) is 2.83. The lowest BCUT2D eigenvalue weighted by Gasteiger charge is -2.07. The maximum absolute atomic E-state index is 11.7. The van der Waals surface area contributed by atoms with E-state index in [2.05, 4.69) is 5.32 Å². The largest absolute Gasteiger partial charge is 0.480 e. The SMILES string of the molecule is O=C(O)C1NC[C@@H](Cc2ccccc2)C1=O. The number of carbonyl (C=O) groups excluding carboxylic acids is 1. The van der Waals surface area contributed by atoms with Crippen LogP contribution < -0.4 is 5.32 Å². The first kappa shape index (κ1) is 10.8. The van der Waals surface area contributed by atoms with Gasteiger partial charge in [-0.2, -0.15) is 0 Å². The molecule has 1 heterocycles. The average Bonchev–Trinajstić information content (AvgIpc) is 2.62. The zero-order valence-electron chi connectivity index (χ0n) is 8.72. The van der Waals surface area contributed by atoms with Gasteiger partial charge in [0.1, 0.15) is 0 Å². The minimum atomic E-state index is -1.08. The Morgan fingerprint density at radius 1 is 1.38 bits per heavy atom. The fourth-order valence-electron chi connectivity index (χ4n) is 1.98. The Morgan fingerprint density at radius 3 is 2.62 bits per heavy atom. The van der Waals surface area contributed by atoms with Crippen LogP contribution in [0.3, 0.4) is 0 Å². The van der Waals surface area contributed by atoms with Crippen LogP contribution in [-0.4, -0.2) is 29.4 Å². The monoisotopic (exact) mass is 219 g/mol. The number of ketones is 1. The molecule has 1 unspecified atom stereocenters. The summed E-state index contributed by atoms with van der Waals surface area (Å²) in [5.74, 6) is -1.51. The van der Waals surface area contributed by atoms with Crippen molar-refractivity contribution in [2.24, 2.45) is 5.92 Å². The van der Waals surface area contributed by atoms with E-state index in [9.17, 15) is 9.59 Å². The van der Waals surface area contributed by atoms with Crippen molar-refractivity contribution < 1.29 is 14.7 Å². The lowest BCUT2D eigenvalue weighted by molar-refractivity contribution is -0.142. The average molecular weight is 219 g/mol. The molecule has 1 aliphatic rings. The van der Waals surface area contributed by atoms with Gasteiger partial charge >= 0.3 is 5.97 Å². The highest BCUT2D eigenvalue weighted by atomic mass is 16.4. The number of hydrogen-bond donors (Lipinski definition) is 2. The van der Waals surface area contributed by atoms with Gasteiger partial charge in [0.15, 0.2) is 11.8 Å². The number of carboxylic acids is 1. The van der Waals surface area contributed by atoms with Gasteiger partial charge in [-0.1, -0.05) is 30.3 Å². The molecule has 0 amide bonds. The molecule has 1 aromatic carbocycles. The van der Waals surface area contributed by atoms with E-state index >= 15 is 0 Å². The molecule has 16 heavy (non-hydrogen) atoms. The molecule has 84 valence electrons. The minimum Gasteiger partial charge on any atom is -0.480 e. The van der Waals surface area contributed by atoms with E-state index in [0.717, 1.165) is 5.56 Å². The molecule has 4 nitrogen and oxygen atoms in total. The molecule has 2 N–H and O–H groups in total. The summed E-state index contributed by atoms with van der Waals surface area (Å²) in [6.45, 7) is 0.449. The highest BCUT2D eigenvalue weighted by Gasteiger charge is 2.38. The highest BCUT2D eigenvalue weighted by molar-refractivity contribution is 6.05. The summed E-state index contributed by atoms with van der Waals surface area (Å²) in [7, 11) is 0. The number of carbonyl (C=O) groups is 2. The van der Waals surface area contributed by atoms with Crippen molar-refractivity contribution in [1.82, 2.24) is 5.32 Å². The van der Waals surface area contributed by atoms with Crippen molar-refractivity contribution >= 4 is 11.8 Å². The highest BCUT2D eigenvalue weighted by Crippen LogP contribution is 2.16. The summed E-state index contributed by atoms with van der Waals surface area (Å²) in [5.41, 5.74) is 1.06. The van der Waals surface area contributed by atoms with Gasteiger partial charge in [0, 0.05) is 12.5 Å². The molecule has 1 aliphatic heterocycles. The van der Waals surface area contributed by atoms with Crippen molar-refractivity contribution in [2.75, 3.05) is 6.54 Å². The normalized spacial score (nSPS) is 24.6. The molecule has 0 aromatic heterocycles. The van der Waals surface area contributed by atoms with Crippen molar-refractivity contribution in [3.63, 3.8) is 0 Å². The van der Waals surface area contributed by atoms with Crippen LogP contribution in [0.5, 0.6) is 0 Å². The number of nitrogens with one attached hydrogen (secondary N) is 1. The van der Waals surface area contributed by atoms with E-state index in [1.807, 2.05) is 30.3 Å². The van der Waals surface area contributed by atoms with Gasteiger partial charge in [0.25, 0.3) is 0 Å².